The molecular weight excluding hydrogens is 562 g/mol. The van der Waals surface area contributed by atoms with Gasteiger partial charge in [-0.25, -0.2) is 4.85 Å². The molecule has 0 saturated carbocycles. The lowest BCUT2D eigenvalue weighted by molar-refractivity contribution is 0.591. The molecule has 4 nitrogen and oxygen atoms in total. The SMILES string of the molecule is [C-]#[N+]c1cc(-c2ccc3c(c2)oc2ccccc23)cc(C#N)c1-n1c2ccc(-c3ccccc3)cc2c2cc(C(C)(C)C)ccc21. The Hall–Kier alpha value is -6.10. The minimum absolute atomic E-state index is 0.0399. The Morgan fingerprint density at radius 2 is 1.30 bits per heavy atom. The van der Waals surface area contributed by atoms with Gasteiger partial charge >= 0.3 is 0 Å². The molecule has 0 saturated heterocycles. The fourth-order valence-electron chi connectivity index (χ4n) is 6.64. The van der Waals surface area contributed by atoms with Crippen molar-refractivity contribution in [3.63, 3.8) is 0 Å². The molecule has 4 heteroatoms. The lowest BCUT2D eigenvalue weighted by atomic mass is 9.86. The van der Waals surface area contributed by atoms with Crippen LogP contribution in [0.1, 0.15) is 31.9 Å². The first-order chi connectivity index (χ1) is 22.3. The van der Waals surface area contributed by atoms with Crippen molar-refractivity contribution in [2.24, 2.45) is 0 Å². The van der Waals surface area contributed by atoms with E-state index in [1.807, 2.05) is 48.5 Å². The van der Waals surface area contributed by atoms with Gasteiger partial charge in [0, 0.05) is 21.5 Å². The van der Waals surface area contributed by atoms with E-state index in [1.165, 1.54) is 5.56 Å². The molecule has 0 atom stereocenters. The number of para-hydroxylation sites is 1. The van der Waals surface area contributed by atoms with E-state index in [-0.39, 0.29) is 5.41 Å². The van der Waals surface area contributed by atoms with E-state index >= 15 is 0 Å². The van der Waals surface area contributed by atoms with Crippen LogP contribution in [0.3, 0.4) is 0 Å². The standard InChI is InChI=1S/C42H29N3O/c1-42(2,3)31-16-19-38-35(24-31)34-21-27(26-10-6-5-7-11-26)15-18-37(34)45(38)41-30(25-43)20-29(22-36(41)44-4)28-14-17-33-32-12-8-9-13-39(32)46-40(33)23-28/h5-24H,1-3H3. The van der Waals surface area contributed by atoms with Crippen molar-refractivity contribution < 1.29 is 4.42 Å². The van der Waals surface area contributed by atoms with Crippen LogP contribution >= 0.6 is 0 Å². The first kappa shape index (κ1) is 27.4. The summed E-state index contributed by atoms with van der Waals surface area (Å²) in [4.78, 5) is 4.01. The van der Waals surface area contributed by atoms with Crippen molar-refractivity contribution in [1.29, 1.82) is 5.26 Å². The lowest BCUT2D eigenvalue weighted by Crippen LogP contribution is -2.10. The van der Waals surface area contributed by atoms with Crippen LogP contribution in [0.15, 0.2) is 126 Å². The van der Waals surface area contributed by atoms with Crippen LogP contribution in [0.25, 0.3) is 76.5 Å². The van der Waals surface area contributed by atoms with E-state index in [1.54, 1.807) is 0 Å². The molecule has 0 aliphatic carbocycles. The average Bonchev–Trinajstić information content (AvgIpc) is 3.62. The third-order valence-corrected chi connectivity index (χ3v) is 9.00. The Bertz CT molecular complexity index is 2550. The highest BCUT2D eigenvalue weighted by Crippen LogP contribution is 2.42. The molecule has 0 radical (unpaired) electrons. The third kappa shape index (κ3) is 4.27. The van der Waals surface area contributed by atoms with Crippen LogP contribution in [0.2, 0.25) is 0 Å². The van der Waals surface area contributed by atoms with Crippen molar-refractivity contribution in [3.05, 3.63) is 144 Å². The maximum Gasteiger partial charge on any atom is 0.212 e. The van der Waals surface area contributed by atoms with Crippen LogP contribution in [0.4, 0.5) is 5.69 Å². The Kier molecular flexibility index (Phi) is 6.11. The van der Waals surface area contributed by atoms with E-state index in [2.05, 4.69) is 109 Å². The Balaban J connectivity index is 1.38. The minimum Gasteiger partial charge on any atom is -0.456 e. The van der Waals surface area contributed by atoms with Crippen LogP contribution in [-0.2, 0) is 5.41 Å². The number of aromatic nitrogens is 1. The van der Waals surface area contributed by atoms with Gasteiger partial charge in [0.15, 0.2) is 0 Å². The molecule has 8 rings (SSSR count). The zero-order chi connectivity index (χ0) is 31.6. The van der Waals surface area contributed by atoms with E-state index in [4.69, 9.17) is 11.0 Å². The number of benzene rings is 6. The zero-order valence-electron chi connectivity index (χ0n) is 25.8. The van der Waals surface area contributed by atoms with Gasteiger partial charge in [-0.05, 0) is 87.8 Å². The zero-order valence-corrected chi connectivity index (χ0v) is 25.8. The average molecular weight is 592 g/mol. The van der Waals surface area contributed by atoms with Crippen LogP contribution < -0.4 is 0 Å². The number of hydrogen-bond donors (Lipinski definition) is 0. The highest BCUT2D eigenvalue weighted by atomic mass is 16.3. The summed E-state index contributed by atoms with van der Waals surface area (Å²) in [6.45, 7) is 14.9. The number of hydrogen-bond acceptors (Lipinski definition) is 2. The topological polar surface area (TPSA) is 46.2 Å². The van der Waals surface area contributed by atoms with Crippen LogP contribution in [0.5, 0.6) is 0 Å². The Morgan fingerprint density at radius 3 is 2.07 bits per heavy atom. The van der Waals surface area contributed by atoms with Gasteiger partial charge in [-0.15, -0.1) is 0 Å². The number of fused-ring (bicyclic) bond motifs is 6. The van der Waals surface area contributed by atoms with Gasteiger partial charge in [0.1, 0.15) is 11.2 Å². The predicted molar refractivity (Wildman–Crippen MR) is 189 cm³/mol. The van der Waals surface area contributed by atoms with Crippen molar-refractivity contribution >= 4 is 49.4 Å². The van der Waals surface area contributed by atoms with Crippen LogP contribution in [-0.4, -0.2) is 4.57 Å². The third-order valence-electron chi connectivity index (χ3n) is 9.00. The van der Waals surface area contributed by atoms with Gasteiger partial charge in [0.25, 0.3) is 0 Å². The lowest BCUT2D eigenvalue weighted by Gasteiger charge is -2.19. The van der Waals surface area contributed by atoms with Gasteiger partial charge in [-0.1, -0.05) is 87.5 Å². The summed E-state index contributed by atoms with van der Waals surface area (Å²) in [5, 5.41) is 14.9. The monoisotopic (exact) mass is 591 g/mol. The molecule has 8 aromatic rings. The summed E-state index contributed by atoms with van der Waals surface area (Å²) in [5.74, 6) is 0. The fourth-order valence-corrected chi connectivity index (χ4v) is 6.64. The van der Waals surface area contributed by atoms with Gasteiger partial charge in [-0.2, -0.15) is 5.26 Å². The number of furan rings is 1. The largest absolute Gasteiger partial charge is 0.456 e. The highest BCUT2D eigenvalue weighted by molar-refractivity contribution is 6.12. The quantitative estimate of drug-likeness (QED) is 0.192. The second-order valence-electron chi connectivity index (χ2n) is 12.8. The molecule has 0 aliphatic rings. The molecule has 0 unspecified atom stereocenters. The normalized spacial score (nSPS) is 11.8. The van der Waals surface area contributed by atoms with Crippen molar-refractivity contribution in [2.75, 3.05) is 0 Å². The molecule has 2 aromatic heterocycles. The Morgan fingerprint density at radius 1 is 0.630 bits per heavy atom. The minimum atomic E-state index is -0.0399. The van der Waals surface area contributed by atoms with E-state index in [9.17, 15) is 5.26 Å². The molecule has 46 heavy (non-hydrogen) atoms. The maximum absolute atomic E-state index is 10.6. The number of nitrogens with zero attached hydrogens (tertiary/aromatic N) is 3. The highest BCUT2D eigenvalue weighted by Gasteiger charge is 2.22. The van der Waals surface area contributed by atoms with E-state index in [0.29, 0.717) is 16.9 Å². The summed E-state index contributed by atoms with van der Waals surface area (Å²) in [7, 11) is 0. The smallest absolute Gasteiger partial charge is 0.212 e. The molecule has 0 bridgehead atoms. The molecule has 0 spiro atoms. The van der Waals surface area contributed by atoms with Gasteiger partial charge in [-0.3, -0.25) is 0 Å². The molecule has 2 heterocycles. The van der Waals surface area contributed by atoms with Crippen LogP contribution in [0, 0.1) is 17.9 Å². The number of nitriles is 1. The number of rotatable bonds is 3. The first-order valence-corrected chi connectivity index (χ1v) is 15.4. The first-order valence-electron chi connectivity index (χ1n) is 15.4. The van der Waals surface area contributed by atoms with E-state index < -0.39 is 0 Å². The van der Waals surface area contributed by atoms with Gasteiger partial charge < -0.3 is 8.98 Å². The van der Waals surface area contributed by atoms with Gasteiger partial charge in [0.2, 0.25) is 5.69 Å². The van der Waals surface area contributed by atoms with Crippen molar-refractivity contribution in [1.82, 2.24) is 4.57 Å². The summed E-state index contributed by atoms with van der Waals surface area (Å²) in [5.41, 5.74) is 10.1. The molecule has 0 N–H and O–H groups in total. The van der Waals surface area contributed by atoms with E-state index in [0.717, 1.165) is 66.0 Å². The summed E-state index contributed by atoms with van der Waals surface area (Å²) < 4.78 is 8.25. The molecule has 0 fully saturated rings. The van der Waals surface area contributed by atoms with Crippen molar-refractivity contribution in [3.8, 4) is 34.0 Å². The Labute approximate surface area is 267 Å². The summed E-state index contributed by atoms with van der Waals surface area (Å²) in [6.07, 6.45) is 0. The molecular formula is C42H29N3O. The fraction of sp³-hybridized carbons (Fsp3) is 0.0952. The molecule has 218 valence electrons. The summed E-state index contributed by atoms with van der Waals surface area (Å²) >= 11 is 0. The molecule has 6 aromatic carbocycles. The molecule has 0 amide bonds. The predicted octanol–water partition coefficient (Wildman–Crippen LogP) is 11.7. The van der Waals surface area contributed by atoms with Crippen molar-refractivity contribution in [2.45, 2.75) is 26.2 Å². The van der Waals surface area contributed by atoms with Gasteiger partial charge in [0.05, 0.1) is 34.9 Å². The summed E-state index contributed by atoms with van der Waals surface area (Å²) in [6, 6.07) is 43.7. The second-order valence-corrected chi connectivity index (χ2v) is 12.8. The second kappa shape index (κ2) is 10.2. The maximum atomic E-state index is 10.6. The molecule has 0 aliphatic heterocycles.